The van der Waals surface area contributed by atoms with Crippen LogP contribution < -0.4 is 10.2 Å². The van der Waals surface area contributed by atoms with E-state index in [9.17, 15) is 19.5 Å². The SMILES string of the molecule is CCOC(=O)C1CCCN(c2ncc(NC(=O)c3cccc(Cl)c3)cc2C(=O)O)C1. The Balaban J connectivity index is 1.81. The molecular formula is C21H22ClN3O5. The van der Waals surface area contributed by atoms with Crippen LogP contribution in [0.3, 0.4) is 0 Å². The summed E-state index contributed by atoms with van der Waals surface area (Å²) in [5.41, 5.74) is 0.542. The summed E-state index contributed by atoms with van der Waals surface area (Å²) in [4.78, 5) is 42.4. The number of piperidine rings is 1. The van der Waals surface area contributed by atoms with Crippen LogP contribution in [-0.2, 0) is 9.53 Å². The van der Waals surface area contributed by atoms with Crippen molar-refractivity contribution in [2.75, 3.05) is 29.9 Å². The monoisotopic (exact) mass is 431 g/mol. The molecule has 1 atom stereocenters. The van der Waals surface area contributed by atoms with E-state index in [2.05, 4.69) is 10.3 Å². The van der Waals surface area contributed by atoms with Crippen molar-refractivity contribution in [3.63, 3.8) is 0 Å². The van der Waals surface area contributed by atoms with Crippen molar-refractivity contribution in [2.45, 2.75) is 19.8 Å². The molecule has 1 aromatic carbocycles. The Labute approximate surface area is 178 Å². The summed E-state index contributed by atoms with van der Waals surface area (Å²) in [6.45, 7) is 2.96. The number of esters is 1. The molecule has 0 spiro atoms. The van der Waals surface area contributed by atoms with Gasteiger partial charge >= 0.3 is 11.9 Å². The Morgan fingerprint density at radius 2 is 2.13 bits per heavy atom. The van der Waals surface area contributed by atoms with Crippen molar-refractivity contribution < 1.29 is 24.2 Å². The highest BCUT2D eigenvalue weighted by Gasteiger charge is 2.29. The maximum atomic E-state index is 12.4. The number of anilines is 2. The maximum Gasteiger partial charge on any atom is 0.339 e. The maximum absolute atomic E-state index is 12.4. The van der Waals surface area contributed by atoms with E-state index in [0.29, 0.717) is 36.7 Å². The molecule has 0 bridgehead atoms. The van der Waals surface area contributed by atoms with Crippen LogP contribution in [0.1, 0.15) is 40.5 Å². The number of aromatic nitrogens is 1. The second-order valence-corrected chi connectivity index (χ2v) is 7.34. The number of ether oxygens (including phenoxy) is 1. The zero-order chi connectivity index (χ0) is 21.7. The lowest BCUT2D eigenvalue weighted by Gasteiger charge is -2.33. The summed E-state index contributed by atoms with van der Waals surface area (Å²) in [7, 11) is 0. The summed E-state index contributed by atoms with van der Waals surface area (Å²) in [5.74, 6) is -1.95. The van der Waals surface area contributed by atoms with Crippen molar-refractivity contribution in [3.05, 3.63) is 52.7 Å². The van der Waals surface area contributed by atoms with E-state index >= 15 is 0 Å². The van der Waals surface area contributed by atoms with Gasteiger partial charge in [-0.3, -0.25) is 9.59 Å². The Hall–Kier alpha value is -3.13. The van der Waals surface area contributed by atoms with Gasteiger partial charge in [-0.25, -0.2) is 9.78 Å². The average Bonchev–Trinajstić information content (AvgIpc) is 2.74. The molecule has 1 saturated heterocycles. The van der Waals surface area contributed by atoms with Crippen molar-refractivity contribution in [2.24, 2.45) is 5.92 Å². The van der Waals surface area contributed by atoms with Crippen LogP contribution in [0.15, 0.2) is 36.5 Å². The van der Waals surface area contributed by atoms with Crippen LogP contribution >= 0.6 is 11.6 Å². The minimum absolute atomic E-state index is 0.0524. The number of pyridine rings is 1. The lowest BCUT2D eigenvalue weighted by atomic mass is 9.98. The number of nitrogens with one attached hydrogen (secondary N) is 1. The minimum atomic E-state index is -1.17. The number of aromatic carboxylic acids is 1. The summed E-state index contributed by atoms with van der Waals surface area (Å²) in [6, 6.07) is 7.78. The van der Waals surface area contributed by atoms with Gasteiger partial charge in [-0.2, -0.15) is 0 Å². The van der Waals surface area contributed by atoms with Crippen LogP contribution in [0.5, 0.6) is 0 Å². The molecule has 2 aromatic rings. The largest absolute Gasteiger partial charge is 0.478 e. The lowest BCUT2D eigenvalue weighted by molar-refractivity contribution is -0.148. The van der Waals surface area contributed by atoms with Crippen LogP contribution in [-0.4, -0.2) is 47.6 Å². The molecule has 158 valence electrons. The van der Waals surface area contributed by atoms with Crippen LogP contribution in [0.4, 0.5) is 11.5 Å². The molecule has 2 N–H and O–H groups in total. The highest BCUT2D eigenvalue weighted by Crippen LogP contribution is 2.27. The molecule has 2 heterocycles. The lowest BCUT2D eigenvalue weighted by Crippen LogP contribution is -2.40. The van der Waals surface area contributed by atoms with E-state index in [1.54, 1.807) is 30.0 Å². The van der Waals surface area contributed by atoms with Gasteiger partial charge in [0.25, 0.3) is 5.91 Å². The van der Waals surface area contributed by atoms with E-state index in [1.165, 1.54) is 18.3 Å². The molecule has 1 amide bonds. The van der Waals surface area contributed by atoms with Crippen molar-refractivity contribution in [1.29, 1.82) is 0 Å². The van der Waals surface area contributed by atoms with Crippen LogP contribution in [0.25, 0.3) is 0 Å². The van der Waals surface area contributed by atoms with Gasteiger partial charge in [-0.05, 0) is 44.0 Å². The highest BCUT2D eigenvalue weighted by molar-refractivity contribution is 6.31. The Bertz CT molecular complexity index is 965. The summed E-state index contributed by atoms with van der Waals surface area (Å²) >= 11 is 5.91. The summed E-state index contributed by atoms with van der Waals surface area (Å²) in [5, 5.41) is 12.7. The third-order valence-corrected chi connectivity index (χ3v) is 5.02. The van der Waals surface area contributed by atoms with Crippen LogP contribution in [0, 0.1) is 5.92 Å². The Morgan fingerprint density at radius 1 is 1.33 bits per heavy atom. The molecule has 3 rings (SSSR count). The standard InChI is InChI=1S/C21H22ClN3O5/c1-2-30-21(29)14-6-4-8-25(12-14)18-17(20(27)28)10-16(11-23-18)24-19(26)13-5-3-7-15(22)9-13/h3,5,7,9-11,14H,2,4,6,8,12H2,1H3,(H,24,26)(H,27,28). The second-order valence-electron chi connectivity index (χ2n) is 6.90. The Morgan fingerprint density at radius 3 is 2.83 bits per heavy atom. The summed E-state index contributed by atoms with van der Waals surface area (Å²) < 4.78 is 5.10. The topological polar surface area (TPSA) is 109 Å². The number of amides is 1. The zero-order valence-corrected chi connectivity index (χ0v) is 17.2. The van der Waals surface area contributed by atoms with E-state index < -0.39 is 11.9 Å². The number of nitrogens with zero attached hydrogens (tertiary/aromatic N) is 2. The first kappa shape index (κ1) is 21.6. The van der Waals surface area contributed by atoms with Gasteiger partial charge in [0, 0.05) is 23.7 Å². The number of halogens is 1. The number of benzene rings is 1. The molecule has 30 heavy (non-hydrogen) atoms. The summed E-state index contributed by atoms with van der Waals surface area (Å²) in [6.07, 6.45) is 2.81. The number of rotatable bonds is 6. The molecule has 9 heteroatoms. The fourth-order valence-electron chi connectivity index (χ4n) is 3.39. The van der Waals surface area contributed by atoms with Gasteiger partial charge in [0.05, 0.1) is 24.4 Å². The first-order valence-electron chi connectivity index (χ1n) is 9.61. The molecule has 1 fully saturated rings. The zero-order valence-electron chi connectivity index (χ0n) is 16.4. The molecule has 8 nitrogen and oxygen atoms in total. The minimum Gasteiger partial charge on any atom is -0.478 e. The molecule has 1 aliphatic heterocycles. The highest BCUT2D eigenvalue weighted by atomic mass is 35.5. The quantitative estimate of drug-likeness (QED) is 0.674. The van der Waals surface area contributed by atoms with E-state index in [4.69, 9.17) is 16.3 Å². The van der Waals surface area contributed by atoms with E-state index in [0.717, 1.165) is 6.42 Å². The van der Waals surface area contributed by atoms with Gasteiger partial charge in [-0.15, -0.1) is 0 Å². The van der Waals surface area contributed by atoms with Crippen molar-refractivity contribution in [3.8, 4) is 0 Å². The second kappa shape index (κ2) is 9.58. The normalized spacial score (nSPS) is 16.1. The smallest absolute Gasteiger partial charge is 0.339 e. The fraction of sp³-hybridized carbons (Fsp3) is 0.333. The van der Waals surface area contributed by atoms with Crippen LogP contribution in [0.2, 0.25) is 5.02 Å². The predicted molar refractivity (Wildman–Crippen MR) is 112 cm³/mol. The first-order valence-corrected chi connectivity index (χ1v) is 9.98. The molecule has 1 unspecified atom stereocenters. The molecule has 0 saturated carbocycles. The average molecular weight is 432 g/mol. The predicted octanol–water partition coefficient (Wildman–Crippen LogP) is 3.47. The number of carbonyl (C=O) groups is 3. The third-order valence-electron chi connectivity index (χ3n) is 4.78. The number of carbonyl (C=O) groups excluding carboxylic acids is 2. The third kappa shape index (κ3) is 5.07. The van der Waals surface area contributed by atoms with Crippen molar-refractivity contribution in [1.82, 2.24) is 4.98 Å². The molecule has 0 radical (unpaired) electrons. The van der Waals surface area contributed by atoms with E-state index in [-0.39, 0.29) is 29.0 Å². The van der Waals surface area contributed by atoms with Gasteiger partial charge in [0.2, 0.25) is 0 Å². The first-order chi connectivity index (χ1) is 14.4. The number of carboxylic acid groups (broad SMARTS) is 1. The van der Waals surface area contributed by atoms with Crippen molar-refractivity contribution >= 4 is 41.0 Å². The molecular weight excluding hydrogens is 410 g/mol. The molecule has 0 aliphatic carbocycles. The molecule has 1 aromatic heterocycles. The number of carboxylic acids is 1. The fourth-order valence-corrected chi connectivity index (χ4v) is 3.58. The van der Waals surface area contributed by atoms with Gasteiger partial charge in [-0.1, -0.05) is 17.7 Å². The van der Waals surface area contributed by atoms with Gasteiger partial charge in [0.15, 0.2) is 0 Å². The Kier molecular flexibility index (Phi) is 6.89. The number of hydrogen-bond acceptors (Lipinski definition) is 6. The van der Waals surface area contributed by atoms with Gasteiger partial charge in [0.1, 0.15) is 11.4 Å². The molecule has 1 aliphatic rings. The number of hydrogen-bond donors (Lipinski definition) is 2. The van der Waals surface area contributed by atoms with E-state index in [1.807, 2.05) is 0 Å². The van der Waals surface area contributed by atoms with Gasteiger partial charge < -0.3 is 20.1 Å².